The second-order valence-corrected chi connectivity index (χ2v) is 9.21. The number of rotatable bonds is 18. The van der Waals surface area contributed by atoms with Crippen LogP contribution in [0.1, 0.15) is 116 Å². The summed E-state index contributed by atoms with van der Waals surface area (Å²) in [6.07, 6.45) is 23.3. The van der Waals surface area contributed by atoms with Crippen LogP contribution in [0.2, 0.25) is 0 Å². The first kappa shape index (κ1) is 22.9. The Kier molecular flexibility index (Phi) is 14.7. The van der Waals surface area contributed by atoms with E-state index in [2.05, 4.69) is 6.92 Å². The third-order valence-electron chi connectivity index (χ3n) is 5.38. The van der Waals surface area contributed by atoms with Gasteiger partial charge >= 0.3 is 5.97 Å². The van der Waals surface area contributed by atoms with Crippen LogP contribution in [0.3, 0.4) is 0 Å². The average molecular weight is 371 g/mol. The van der Waals surface area contributed by atoms with Gasteiger partial charge in [-0.15, -0.1) is 0 Å². The second kappa shape index (κ2) is 16.0. The maximum atomic E-state index is 11.2. The molecule has 0 aromatic heterocycles. The van der Waals surface area contributed by atoms with Gasteiger partial charge in [0.05, 0.1) is 13.5 Å². The normalized spacial score (nSPS) is 19.1. The van der Waals surface area contributed by atoms with E-state index >= 15 is 0 Å². The molecule has 0 amide bonds. The van der Waals surface area contributed by atoms with Crippen LogP contribution >= 0.6 is 11.8 Å². The summed E-state index contributed by atoms with van der Waals surface area (Å²) in [5, 5.41) is 1.29. The Morgan fingerprint density at radius 3 is 1.60 bits per heavy atom. The SMILES string of the molecule is CCCCCCCCCCCCCCCCCC1SC1CC(=O)OC. The Morgan fingerprint density at radius 2 is 1.16 bits per heavy atom. The van der Waals surface area contributed by atoms with Crippen LogP contribution < -0.4 is 0 Å². The van der Waals surface area contributed by atoms with Crippen molar-refractivity contribution in [2.75, 3.05) is 7.11 Å². The van der Waals surface area contributed by atoms with E-state index in [1.165, 1.54) is 110 Å². The Bertz CT molecular complexity index is 319. The summed E-state index contributed by atoms with van der Waals surface area (Å²) in [6, 6.07) is 0. The maximum absolute atomic E-state index is 11.2. The smallest absolute Gasteiger partial charge is 0.306 e. The zero-order chi connectivity index (χ0) is 18.2. The molecule has 0 spiro atoms. The summed E-state index contributed by atoms with van der Waals surface area (Å²) < 4.78 is 4.73. The predicted octanol–water partition coefficient (Wildman–Crippen LogP) is 7.30. The molecule has 2 atom stereocenters. The van der Waals surface area contributed by atoms with E-state index in [0.29, 0.717) is 11.7 Å². The highest BCUT2D eigenvalue weighted by molar-refractivity contribution is 8.07. The molecule has 2 nitrogen and oxygen atoms in total. The fourth-order valence-corrected chi connectivity index (χ4v) is 4.70. The number of unbranched alkanes of at least 4 members (excludes halogenated alkanes) is 14. The van der Waals surface area contributed by atoms with Crippen LogP contribution in [0, 0.1) is 0 Å². The van der Waals surface area contributed by atoms with E-state index in [1.54, 1.807) is 0 Å². The lowest BCUT2D eigenvalue weighted by molar-refractivity contribution is -0.140. The molecule has 1 heterocycles. The zero-order valence-corrected chi connectivity index (χ0v) is 17.7. The molecular weight excluding hydrogens is 328 g/mol. The molecule has 0 aliphatic carbocycles. The topological polar surface area (TPSA) is 26.3 Å². The van der Waals surface area contributed by atoms with E-state index < -0.39 is 0 Å². The molecule has 1 saturated heterocycles. The number of carbonyl (C=O) groups excluding carboxylic acids is 1. The average Bonchev–Trinajstić information content (AvgIpc) is 3.35. The fraction of sp³-hybridized carbons (Fsp3) is 0.955. The minimum absolute atomic E-state index is 0.0449. The fourth-order valence-electron chi connectivity index (χ4n) is 3.58. The predicted molar refractivity (Wildman–Crippen MR) is 111 cm³/mol. The third-order valence-corrected chi connectivity index (χ3v) is 6.82. The van der Waals surface area contributed by atoms with E-state index in [4.69, 9.17) is 4.74 Å². The molecule has 1 fully saturated rings. The summed E-state index contributed by atoms with van der Waals surface area (Å²) in [5.74, 6) is -0.0449. The van der Waals surface area contributed by atoms with Gasteiger partial charge in [0, 0.05) is 10.5 Å². The van der Waals surface area contributed by atoms with Crippen molar-refractivity contribution < 1.29 is 9.53 Å². The van der Waals surface area contributed by atoms with Crippen molar-refractivity contribution in [3.63, 3.8) is 0 Å². The van der Waals surface area contributed by atoms with Crippen molar-refractivity contribution in [2.45, 2.75) is 127 Å². The molecule has 0 radical (unpaired) electrons. The standard InChI is InChI=1S/C22H42O2S/c1-3-4-5-6-7-8-9-10-11-12-13-14-15-16-17-18-20-21(25-20)19-22(23)24-2/h20-21H,3-19H2,1-2H3. The number of ether oxygens (including phenoxy) is 1. The van der Waals surface area contributed by atoms with Gasteiger partial charge in [0.2, 0.25) is 0 Å². The first-order valence-electron chi connectivity index (χ1n) is 11.0. The summed E-state index contributed by atoms with van der Waals surface area (Å²) in [5.41, 5.74) is 0. The van der Waals surface area contributed by atoms with Gasteiger partial charge in [0.25, 0.3) is 0 Å². The van der Waals surface area contributed by atoms with Gasteiger partial charge in [0.15, 0.2) is 0 Å². The van der Waals surface area contributed by atoms with Crippen molar-refractivity contribution in [3.05, 3.63) is 0 Å². The molecule has 25 heavy (non-hydrogen) atoms. The van der Waals surface area contributed by atoms with Crippen LogP contribution in [-0.4, -0.2) is 23.6 Å². The van der Waals surface area contributed by atoms with E-state index in [-0.39, 0.29) is 5.97 Å². The molecular formula is C22H42O2S. The molecule has 2 unspecified atom stereocenters. The van der Waals surface area contributed by atoms with Crippen molar-refractivity contribution in [1.82, 2.24) is 0 Å². The van der Waals surface area contributed by atoms with Crippen LogP contribution in [0.4, 0.5) is 0 Å². The molecule has 0 aromatic rings. The van der Waals surface area contributed by atoms with Crippen LogP contribution in [0.25, 0.3) is 0 Å². The number of hydrogen-bond acceptors (Lipinski definition) is 3. The molecule has 0 N–H and O–H groups in total. The second-order valence-electron chi connectivity index (χ2n) is 7.73. The number of methoxy groups -OCH3 is 1. The number of esters is 1. The quantitative estimate of drug-likeness (QED) is 0.144. The largest absolute Gasteiger partial charge is 0.469 e. The molecule has 0 aromatic carbocycles. The lowest BCUT2D eigenvalue weighted by Gasteiger charge is -2.03. The number of hydrogen-bond donors (Lipinski definition) is 0. The summed E-state index contributed by atoms with van der Waals surface area (Å²) in [7, 11) is 1.49. The first-order chi connectivity index (χ1) is 12.3. The van der Waals surface area contributed by atoms with Crippen molar-refractivity contribution in [2.24, 2.45) is 0 Å². The third kappa shape index (κ3) is 13.7. The Balaban J connectivity index is 1.70. The molecule has 148 valence electrons. The number of thioether (sulfide) groups is 1. The van der Waals surface area contributed by atoms with E-state index in [9.17, 15) is 4.79 Å². The van der Waals surface area contributed by atoms with Crippen LogP contribution in [0.15, 0.2) is 0 Å². The van der Waals surface area contributed by atoms with Crippen molar-refractivity contribution >= 4 is 17.7 Å². The highest BCUT2D eigenvalue weighted by Gasteiger charge is 2.39. The Labute approximate surface area is 161 Å². The first-order valence-corrected chi connectivity index (χ1v) is 11.9. The van der Waals surface area contributed by atoms with Gasteiger partial charge < -0.3 is 4.74 Å². The Morgan fingerprint density at radius 1 is 0.720 bits per heavy atom. The van der Waals surface area contributed by atoms with Crippen LogP contribution in [-0.2, 0) is 9.53 Å². The van der Waals surface area contributed by atoms with Gasteiger partial charge in [-0.3, -0.25) is 4.79 Å². The minimum Gasteiger partial charge on any atom is -0.469 e. The van der Waals surface area contributed by atoms with Gasteiger partial charge in [-0.05, 0) is 6.42 Å². The van der Waals surface area contributed by atoms with Crippen molar-refractivity contribution in [1.29, 1.82) is 0 Å². The molecule has 3 heteroatoms. The molecule has 1 aliphatic rings. The van der Waals surface area contributed by atoms with Gasteiger partial charge in [0.1, 0.15) is 0 Å². The lowest BCUT2D eigenvalue weighted by atomic mass is 10.0. The van der Waals surface area contributed by atoms with Crippen molar-refractivity contribution in [3.8, 4) is 0 Å². The van der Waals surface area contributed by atoms with E-state index in [1.807, 2.05) is 11.8 Å². The van der Waals surface area contributed by atoms with Crippen LogP contribution in [0.5, 0.6) is 0 Å². The summed E-state index contributed by atoms with van der Waals surface area (Å²) in [4.78, 5) is 11.2. The summed E-state index contributed by atoms with van der Waals surface area (Å²) in [6.45, 7) is 2.29. The zero-order valence-electron chi connectivity index (χ0n) is 16.9. The molecule has 0 bridgehead atoms. The van der Waals surface area contributed by atoms with E-state index in [0.717, 1.165) is 5.25 Å². The van der Waals surface area contributed by atoms with Gasteiger partial charge in [-0.25, -0.2) is 0 Å². The maximum Gasteiger partial charge on any atom is 0.306 e. The monoisotopic (exact) mass is 370 g/mol. The molecule has 0 saturated carbocycles. The van der Waals surface area contributed by atoms with Gasteiger partial charge in [-0.1, -0.05) is 103 Å². The van der Waals surface area contributed by atoms with Gasteiger partial charge in [-0.2, -0.15) is 11.8 Å². The number of carbonyl (C=O) groups is 1. The lowest BCUT2D eigenvalue weighted by Crippen LogP contribution is -2.06. The highest BCUT2D eigenvalue weighted by atomic mass is 32.2. The summed E-state index contributed by atoms with van der Waals surface area (Å²) >= 11 is 1.97. The highest BCUT2D eigenvalue weighted by Crippen LogP contribution is 2.46. The minimum atomic E-state index is -0.0449. The Hall–Kier alpha value is -0.180. The molecule has 1 aliphatic heterocycles. The molecule has 1 rings (SSSR count).